The summed E-state index contributed by atoms with van der Waals surface area (Å²) in [6, 6.07) is 31.1. The third-order valence-electron chi connectivity index (χ3n) is 6.40. The van der Waals surface area contributed by atoms with Crippen molar-refractivity contribution in [2.75, 3.05) is 19.0 Å². The van der Waals surface area contributed by atoms with Gasteiger partial charge >= 0.3 is 11.6 Å². The fourth-order valence-electron chi connectivity index (χ4n) is 4.28. The van der Waals surface area contributed by atoms with E-state index in [1.807, 2.05) is 117 Å². The molecule has 0 fully saturated rings. The van der Waals surface area contributed by atoms with E-state index in [0.717, 1.165) is 47.5 Å². The molecule has 8 nitrogen and oxygen atoms in total. The second-order valence-corrected chi connectivity index (χ2v) is 9.32. The number of anilines is 1. The second-order valence-electron chi connectivity index (χ2n) is 9.32. The topological polar surface area (TPSA) is 80.7 Å². The van der Waals surface area contributed by atoms with Crippen molar-refractivity contribution in [1.82, 2.24) is 0 Å². The molecule has 0 radical (unpaired) electrons. The Morgan fingerprint density at radius 1 is 0.634 bits per heavy atom. The summed E-state index contributed by atoms with van der Waals surface area (Å²) in [6.45, 7) is 1.50. The first kappa shape index (κ1) is 31.5. The van der Waals surface area contributed by atoms with Crippen molar-refractivity contribution >= 4 is 39.5 Å². The zero-order chi connectivity index (χ0) is 27.0. The number of phenols is 1. The van der Waals surface area contributed by atoms with Crippen LogP contribution in [0.15, 0.2) is 130 Å². The molecule has 0 atom stereocenters. The van der Waals surface area contributed by atoms with Gasteiger partial charge in [-0.1, -0.05) is 42.5 Å². The van der Waals surface area contributed by atoms with Crippen LogP contribution in [-0.2, 0) is 13.1 Å². The molecule has 210 valence electrons. The van der Waals surface area contributed by atoms with Gasteiger partial charge in [0.2, 0.25) is 0 Å². The molecule has 0 saturated heterocycles. The van der Waals surface area contributed by atoms with Crippen molar-refractivity contribution in [3.05, 3.63) is 109 Å². The van der Waals surface area contributed by atoms with Crippen LogP contribution >= 0.6 is 0 Å². The third-order valence-corrected chi connectivity index (χ3v) is 6.40. The minimum Gasteiger partial charge on any atom is -1.00 e. The number of benzene rings is 3. The minimum atomic E-state index is 0. The van der Waals surface area contributed by atoms with Gasteiger partial charge in [0, 0.05) is 43.7 Å². The highest BCUT2D eigenvalue weighted by atomic mass is 79.9. The highest BCUT2D eigenvalue weighted by Gasteiger charge is 2.14. The summed E-state index contributed by atoms with van der Waals surface area (Å²) in [6.07, 6.45) is 4.86. The van der Waals surface area contributed by atoms with Gasteiger partial charge in [-0.05, 0) is 58.1 Å². The summed E-state index contributed by atoms with van der Waals surface area (Å²) in [5.41, 5.74) is 2.40. The molecule has 0 spiro atoms. The van der Waals surface area contributed by atoms with E-state index in [4.69, 9.17) is 0 Å². The molecule has 5 rings (SSSR count). The molecule has 2 heterocycles. The number of phenolic OH excluding ortho intramolecular Hbond substituents is 1. The molecular formula is C31H31Br2N7O. The number of halogens is 2. The normalized spacial score (nSPS) is 11.0. The van der Waals surface area contributed by atoms with Crippen LogP contribution in [0.5, 0.6) is 5.75 Å². The predicted molar refractivity (Wildman–Crippen MR) is 153 cm³/mol. The Morgan fingerprint density at radius 3 is 1.85 bits per heavy atom. The lowest BCUT2D eigenvalue weighted by atomic mass is 10.1. The van der Waals surface area contributed by atoms with Gasteiger partial charge in [0.15, 0.2) is 5.69 Å². The van der Waals surface area contributed by atoms with E-state index in [-0.39, 0.29) is 39.7 Å². The van der Waals surface area contributed by atoms with Crippen LogP contribution < -0.4 is 48.0 Å². The Morgan fingerprint density at radius 2 is 1.22 bits per heavy atom. The number of aromatic nitrogens is 2. The lowest BCUT2D eigenvalue weighted by Gasteiger charge is -2.11. The summed E-state index contributed by atoms with van der Waals surface area (Å²) in [7, 11) is 4.03. The Hall–Kier alpha value is -4.02. The van der Waals surface area contributed by atoms with Gasteiger partial charge in [-0.15, -0.1) is 0 Å². The van der Waals surface area contributed by atoms with Crippen LogP contribution in [0.2, 0.25) is 0 Å². The van der Waals surface area contributed by atoms with Gasteiger partial charge in [0.05, 0.1) is 35.7 Å². The van der Waals surface area contributed by atoms with Crippen LogP contribution in [0.1, 0.15) is 6.42 Å². The lowest BCUT2D eigenvalue weighted by molar-refractivity contribution is -0.714. The number of pyridine rings is 2. The molecule has 0 amide bonds. The number of hydrogen-bond donors (Lipinski definition) is 1. The average Bonchev–Trinajstić information content (AvgIpc) is 2.97. The van der Waals surface area contributed by atoms with Gasteiger partial charge < -0.3 is 44.0 Å². The van der Waals surface area contributed by atoms with Crippen LogP contribution in [0, 0.1) is 0 Å². The highest BCUT2D eigenvalue weighted by molar-refractivity contribution is 5.95. The first-order valence-electron chi connectivity index (χ1n) is 12.9. The van der Waals surface area contributed by atoms with Crippen molar-refractivity contribution < 1.29 is 48.2 Å². The van der Waals surface area contributed by atoms with E-state index in [2.05, 4.69) is 34.5 Å². The zero-order valence-electron chi connectivity index (χ0n) is 22.8. The van der Waals surface area contributed by atoms with Gasteiger partial charge in [0.25, 0.3) is 0 Å². The van der Waals surface area contributed by atoms with Crippen molar-refractivity contribution in [3.63, 3.8) is 0 Å². The molecule has 3 aromatic carbocycles. The first-order chi connectivity index (χ1) is 19.1. The predicted octanol–water partition coefficient (Wildman–Crippen LogP) is 1.12. The molecule has 5 aromatic rings. The molecule has 0 bridgehead atoms. The number of aryl methyl sites for hydroxylation is 2. The van der Waals surface area contributed by atoms with E-state index in [0.29, 0.717) is 11.5 Å². The molecule has 2 aromatic heterocycles. The average molecular weight is 677 g/mol. The Labute approximate surface area is 260 Å². The van der Waals surface area contributed by atoms with E-state index < -0.39 is 0 Å². The second kappa shape index (κ2) is 15.1. The molecule has 0 unspecified atom stereocenters. The van der Waals surface area contributed by atoms with Crippen molar-refractivity contribution in [2.24, 2.45) is 20.5 Å². The Bertz CT molecular complexity index is 1640. The number of aromatic hydroxyl groups is 1. The number of nitrogens with zero attached hydrogens (tertiary/aromatic N) is 7. The number of rotatable bonds is 9. The maximum atomic E-state index is 10.4. The smallest absolute Gasteiger partial charge is 0.350 e. The van der Waals surface area contributed by atoms with Gasteiger partial charge in [-0.25, -0.2) is 9.13 Å². The van der Waals surface area contributed by atoms with E-state index in [9.17, 15) is 5.11 Å². The molecule has 0 aliphatic heterocycles. The molecular weight excluding hydrogens is 646 g/mol. The number of hydrogen-bond acceptors (Lipinski definition) is 6. The van der Waals surface area contributed by atoms with Crippen LogP contribution in [0.3, 0.4) is 0 Å². The van der Waals surface area contributed by atoms with E-state index in [1.165, 1.54) is 0 Å². The van der Waals surface area contributed by atoms with Crippen LogP contribution in [0.4, 0.5) is 28.7 Å². The zero-order valence-corrected chi connectivity index (χ0v) is 26.0. The summed E-state index contributed by atoms with van der Waals surface area (Å²) in [5.74, 6) is 1.61. The molecule has 0 saturated carbocycles. The number of azo groups is 2. The quantitative estimate of drug-likeness (QED) is 0.188. The third kappa shape index (κ3) is 8.02. The maximum absolute atomic E-state index is 10.4. The molecule has 10 heteroatoms. The van der Waals surface area contributed by atoms with Crippen molar-refractivity contribution in [2.45, 2.75) is 19.5 Å². The first-order valence-corrected chi connectivity index (χ1v) is 12.9. The SMILES string of the molecule is CN(C)c1ccc(N=Nc2cccc[n+]2CCC[n+]2ccccc2N=Nc2c(O)ccc3ccccc23)cc1.[Br-].[Br-]. The monoisotopic (exact) mass is 675 g/mol. The standard InChI is InChI=1S/C31H30N7O.2BrH/c1-36(2)26-17-15-25(16-18-26)32-33-29-12-5-7-20-37(29)22-9-23-38-21-8-6-13-30(38)34-35-31-27-11-4-3-10-24(27)14-19-28(31)39;;/h3-8,10-21H,9,22-23H2,1-2H3;2*1H/q+1;;/p-1. The molecule has 41 heavy (non-hydrogen) atoms. The largest absolute Gasteiger partial charge is 1.00 e. The fourth-order valence-corrected chi connectivity index (χ4v) is 4.28. The molecule has 0 aliphatic rings. The van der Waals surface area contributed by atoms with E-state index in [1.54, 1.807) is 6.07 Å². The molecule has 1 N–H and O–H groups in total. The summed E-state index contributed by atoms with van der Waals surface area (Å²) in [5, 5.41) is 30.1. The van der Waals surface area contributed by atoms with Gasteiger partial charge in [-0.2, -0.15) is 0 Å². The maximum Gasteiger partial charge on any atom is 0.350 e. The summed E-state index contributed by atoms with van der Waals surface area (Å²) < 4.78 is 4.15. The summed E-state index contributed by atoms with van der Waals surface area (Å²) in [4.78, 5) is 2.05. The van der Waals surface area contributed by atoms with Crippen LogP contribution in [-0.4, -0.2) is 19.2 Å². The molecule has 0 aliphatic carbocycles. The van der Waals surface area contributed by atoms with Crippen LogP contribution in [0.25, 0.3) is 10.8 Å². The fraction of sp³-hybridized carbons (Fsp3) is 0.161. The van der Waals surface area contributed by atoms with Gasteiger partial charge in [0.1, 0.15) is 11.4 Å². The highest BCUT2D eigenvalue weighted by Crippen LogP contribution is 2.35. The number of fused-ring (bicyclic) bond motifs is 1. The van der Waals surface area contributed by atoms with Gasteiger partial charge in [-0.3, -0.25) is 0 Å². The minimum absolute atomic E-state index is 0. The lowest BCUT2D eigenvalue weighted by Crippen LogP contribution is -3.00. The Balaban J connectivity index is 0.00000231. The summed E-state index contributed by atoms with van der Waals surface area (Å²) >= 11 is 0. The van der Waals surface area contributed by atoms with Crippen molar-refractivity contribution in [1.29, 1.82) is 0 Å². The van der Waals surface area contributed by atoms with E-state index >= 15 is 0 Å². The van der Waals surface area contributed by atoms with Crippen molar-refractivity contribution in [3.8, 4) is 5.75 Å². The Kier molecular flexibility index (Phi) is 11.6.